The molecule has 1 saturated carbocycles. The van der Waals surface area contributed by atoms with E-state index in [1.54, 1.807) is 49.4 Å². The van der Waals surface area contributed by atoms with Crippen molar-refractivity contribution in [3.63, 3.8) is 0 Å². The fourth-order valence-electron chi connectivity index (χ4n) is 4.22. The second-order valence-electron chi connectivity index (χ2n) is 8.64. The molecule has 10 heteroatoms. The van der Waals surface area contributed by atoms with Gasteiger partial charge in [0.25, 0.3) is 11.8 Å². The lowest BCUT2D eigenvalue weighted by atomic mass is 9.90. The normalized spacial score (nSPS) is 17.4. The largest absolute Gasteiger partial charge is 0.331 e. The SMILES string of the molecule is Cc1nnsc1C(=O)Nc1ccc(Cl)c(CN(C(=O)c2ccc(C#N)cc2)C2CCC(N)CC2)c1. The zero-order chi connectivity index (χ0) is 24.9. The van der Waals surface area contributed by atoms with Gasteiger partial charge in [-0.1, -0.05) is 16.1 Å². The van der Waals surface area contributed by atoms with Gasteiger partial charge < -0.3 is 16.0 Å². The highest BCUT2D eigenvalue weighted by molar-refractivity contribution is 7.08. The molecular formula is C25H25ClN6O2S. The van der Waals surface area contributed by atoms with Crippen LogP contribution < -0.4 is 11.1 Å². The summed E-state index contributed by atoms with van der Waals surface area (Å²) in [5, 5.41) is 16.3. The highest BCUT2D eigenvalue weighted by atomic mass is 35.5. The molecule has 0 bridgehead atoms. The van der Waals surface area contributed by atoms with Crippen LogP contribution in [0.25, 0.3) is 0 Å². The average Bonchev–Trinajstić information content (AvgIpc) is 3.30. The highest BCUT2D eigenvalue weighted by Crippen LogP contribution is 2.29. The van der Waals surface area contributed by atoms with Crippen molar-refractivity contribution in [2.75, 3.05) is 5.32 Å². The molecule has 3 aromatic rings. The van der Waals surface area contributed by atoms with Crippen LogP contribution in [0, 0.1) is 18.3 Å². The maximum absolute atomic E-state index is 13.6. The minimum atomic E-state index is -0.294. The topological polar surface area (TPSA) is 125 Å². The summed E-state index contributed by atoms with van der Waals surface area (Å²) in [7, 11) is 0. The number of nitrogens with two attached hydrogens (primary N) is 1. The van der Waals surface area contributed by atoms with Gasteiger partial charge in [0.2, 0.25) is 0 Å². The van der Waals surface area contributed by atoms with Crippen molar-refractivity contribution in [3.8, 4) is 6.07 Å². The van der Waals surface area contributed by atoms with Crippen LogP contribution in [-0.2, 0) is 6.54 Å². The number of carbonyl (C=O) groups is 2. The summed E-state index contributed by atoms with van der Waals surface area (Å²) in [5.74, 6) is -0.426. The molecule has 0 aliphatic heterocycles. The van der Waals surface area contributed by atoms with Crippen molar-refractivity contribution in [1.29, 1.82) is 5.26 Å². The average molecular weight is 509 g/mol. The van der Waals surface area contributed by atoms with Crippen molar-refractivity contribution in [1.82, 2.24) is 14.5 Å². The first-order valence-electron chi connectivity index (χ1n) is 11.3. The van der Waals surface area contributed by atoms with Crippen LogP contribution >= 0.6 is 23.1 Å². The molecule has 0 unspecified atom stereocenters. The molecule has 0 radical (unpaired) electrons. The summed E-state index contributed by atoms with van der Waals surface area (Å²) in [6.45, 7) is 2.01. The van der Waals surface area contributed by atoms with Crippen LogP contribution in [-0.4, -0.2) is 38.4 Å². The highest BCUT2D eigenvalue weighted by Gasteiger charge is 2.29. The number of anilines is 1. The van der Waals surface area contributed by atoms with Gasteiger partial charge in [-0.25, -0.2) is 0 Å². The minimum Gasteiger partial charge on any atom is -0.331 e. The number of halogens is 1. The molecular weight excluding hydrogens is 484 g/mol. The Morgan fingerprint density at radius 2 is 1.91 bits per heavy atom. The predicted octanol–water partition coefficient (Wildman–Crippen LogP) is 4.54. The number of nitriles is 1. The number of rotatable bonds is 6. The molecule has 0 spiro atoms. The van der Waals surface area contributed by atoms with Crippen LogP contribution in [0.5, 0.6) is 0 Å². The van der Waals surface area contributed by atoms with E-state index >= 15 is 0 Å². The third kappa shape index (κ3) is 5.85. The number of hydrogen-bond donors (Lipinski definition) is 2. The summed E-state index contributed by atoms with van der Waals surface area (Å²) in [4.78, 5) is 28.5. The van der Waals surface area contributed by atoms with Gasteiger partial charge in [0, 0.05) is 34.9 Å². The standard InChI is InChI=1S/C25H25ClN6O2S/c1-15-23(35-31-30-15)24(33)29-20-8-11-22(26)18(12-20)14-32(21-9-6-19(28)7-10-21)25(34)17-4-2-16(13-27)3-5-17/h2-5,8,11-12,19,21H,6-7,9-10,14,28H2,1H3,(H,29,33). The number of aromatic nitrogens is 2. The van der Waals surface area contributed by atoms with E-state index in [1.165, 1.54) is 0 Å². The zero-order valence-corrected chi connectivity index (χ0v) is 20.8. The lowest BCUT2D eigenvalue weighted by Gasteiger charge is -2.36. The molecule has 2 amide bonds. The minimum absolute atomic E-state index is 0.0122. The third-order valence-electron chi connectivity index (χ3n) is 6.21. The van der Waals surface area contributed by atoms with E-state index in [9.17, 15) is 9.59 Å². The maximum atomic E-state index is 13.6. The molecule has 0 saturated heterocycles. The van der Waals surface area contributed by atoms with Gasteiger partial charge in [0.1, 0.15) is 4.88 Å². The van der Waals surface area contributed by atoms with Gasteiger partial charge in [0.05, 0.1) is 17.3 Å². The van der Waals surface area contributed by atoms with E-state index in [4.69, 9.17) is 22.6 Å². The van der Waals surface area contributed by atoms with Crippen LogP contribution in [0.1, 0.15) is 62.5 Å². The van der Waals surface area contributed by atoms with Gasteiger partial charge in [-0.05, 0) is 92.2 Å². The molecule has 1 aliphatic rings. The molecule has 1 heterocycles. The Morgan fingerprint density at radius 1 is 1.20 bits per heavy atom. The van der Waals surface area contributed by atoms with E-state index in [1.807, 2.05) is 4.90 Å². The fourth-order valence-corrected chi connectivity index (χ4v) is 4.95. The first-order valence-corrected chi connectivity index (χ1v) is 12.5. The van der Waals surface area contributed by atoms with E-state index in [0.717, 1.165) is 42.8 Å². The van der Waals surface area contributed by atoms with Crippen LogP contribution in [0.2, 0.25) is 5.02 Å². The first kappa shape index (κ1) is 24.8. The number of aryl methyl sites for hydroxylation is 1. The van der Waals surface area contributed by atoms with Gasteiger partial charge in [-0.2, -0.15) is 5.26 Å². The summed E-state index contributed by atoms with van der Waals surface area (Å²) in [6.07, 6.45) is 3.28. The Hall–Kier alpha value is -3.32. The van der Waals surface area contributed by atoms with Gasteiger partial charge >= 0.3 is 0 Å². The van der Waals surface area contributed by atoms with Crippen LogP contribution in [0.4, 0.5) is 5.69 Å². The lowest BCUT2D eigenvalue weighted by molar-refractivity contribution is 0.0606. The summed E-state index contributed by atoms with van der Waals surface area (Å²) in [5.41, 5.74) is 8.97. The predicted molar refractivity (Wildman–Crippen MR) is 135 cm³/mol. The van der Waals surface area contributed by atoms with Crippen molar-refractivity contribution in [2.24, 2.45) is 5.73 Å². The lowest BCUT2D eigenvalue weighted by Crippen LogP contribution is -2.44. The van der Waals surface area contributed by atoms with Gasteiger partial charge in [-0.15, -0.1) is 5.10 Å². The monoisotopic (exact) mass is 508 g/mol. The fraction of sp³-hybridized carbons (Fsp3) is 0.320. The number of benzene rings is 2. The molecule has 0 atom stereocenters. The Labute approximate surface area is 212 Å². The van der Waals surface area contributed by atoms with Crippen molar-refractivity contribution in [2.45, 2.75) is 51.2 Å². The van der Waals surface area contributed by atoms with Crippen molar-refractivity contribution < 1.29 is 9.59 Å². The van der Waals surface area contributed by atoms with Crippen molar-refractivity contribution >= 4 is 40.6 Å². The number of amides is 2. The van der Waals surface area contributed by atoms with Crippen molar-refractivity contribution in [3.05, 3.63) is 74.7 Å². The molecule has 180 valence electrons. The quantitative estimate of drug-likeness (QED) is 0.503. The molecule has 1 aliphatic carbocycles. The Balaban J connectivity index is 1.59. The Kier molecular flexibility index (Phi) is 7.76. The molecule has 3 N–H and O–H groups in total. The summed E-state index contributed by atoms with van der Waals surface area (Å²) in [6, 6.07) is 14.1. The molecule has 1 aromatic heterocycles. The molecule has 2 aromatic carbocycles. The van der Waals surface area contributed by atoms with Crippen LogP contribution in [0.3, 0.4) is 0 Å². The van der Waals surface area contributed by atoms with E-state index < -0.39 is 0 Å². The van der Waals surface area contributed by atoms with E-state index in [2.05, 4.69) is 21.0 Å². The molecule has 1 fully saturated rings. The second kappa shape index (κ2) is 11.0. The van der Waals surface area contributed by atoms with Gasteiger partial charge in [-0.3, -0.25) is 9.59 Å². The number of hydrogen-bond acceptors (Lipinski definition) is 7. The molecule has 8 nitrogen and oxygen atoms in total. The smallest absolute Gasteiger partial charge is 0.269 e. The molecule has 4 rings (SSSR count). The second-order valence-corrected chi connectivity index (χ2v) is 9.80. The van der Waals surface area contributed by atoms with Gasteiger partial charge in [0.15, 0.2) is 0 Å². The number of nitrogens with one attached hydrogen (secondary N) is 1. The number of nitrogens with zero attached hydrogens (tertiary/aromatic N) is 4. The first-order chi connectivity index (χ1) is 16.9. The van der Waals surface area contributed by atoms with E-state index in [-0.39, 0.29) is 30.4 Å². The number of carbonyl (C=O) groups excluding carboxylic acids is 2. The Bertz CT molecular complexity index is 1260. The Morgan fingerprint density at radius 3 is 2.54 bits per heavy atom. The summed E-state index contributed by atoms with van der Waals surface area (Å²) < 4.78 is 3.81. The van der Waals surface area contributed by atoms with E-state index in [0.29, 0.717) is 32.4 Å². The molecule has 35 heavy (non-hydrogen) atoms. The summed E-state index contributed by atoms with van der Waals surface area (Å²) >= 11 is 7.56. The van der Waals surface area contributed by atoms with Crippen LogP contribution in [0.15, 0.2) is 42.5 Å². The zero-order valence-electron chi connectivity index (χ0n) is 19.2. The third-order valence-corrected chi connectivity index (χ3v) is 7.40. The maximum Gasteiger partial charge on any atom is 0.269 e.